The molecule has 8 nitrogen and oxygen atoms in total. The topological polar surface area (TPSA) is 93.6 Å². The van der Waals surface area contributed by atoms with Crippen molar-refractivity contribution in [3.8, 4) is 0 Å². The molecule has 0 aromatic rings. The molecule has 1 unspecified atom stereocenters. The summed E-state index contributed by atoms with van der Waals surface area (Å²) in [5, 5.41) is 18.0. The maximum absolute atomic E-state index is 12.1. The van der Waals surface area contributed by atoms with Gasteiger partial charge in [-0.05, 0) is 19.8 Å². The van der Waals surface area contributed by atoms with Crippen LogP contribution in [0.15, 0.2) is 0 Å². The quantitative estimate of drug-likeness (QED) is 0.595. The number of carbonyl (C=O) groups excluding carboxylic acids is 2. The molecule has 2 amide bonds. The van der Waals surface area contributed by atoms with E-state index in [-0.39, 0.29) is 43.8 Å². The van der Waals surface area contributed by atoms with Crippen molar-refractivity contribution in [3.05, 3.63) is 0 Å². The number of ether oxygens (including phenoxy) is 1. The summed E-state index contributed by atoms with van der Waals surface area (Å²) in [6.07, 6.45) is 1.11. The molecular weight excluding hydrogens is 302 g/mol. The van der Waals surface area contributed by atoms with Gasteiger partial charge in [-0.3, -0.25) is 14.5 Å². The molecule has 0 aliphatic carbocycles. The number of hydrogen-bond acceptors (Lipinski definition) is 6. The Balaban J connectivity index is 1.86. The van der Waals surface area contributed by atoms with Gasteiger partial charge in [-0.15, -0.1) is 0 Å². The minimum absolute atomic E-state index is 0.0100. The van der Waals surface area contributed by atoms with E-state index < -0.39 is 6.10 Å². The highest BCUT2D eigenvalue weighted by molar-refractivity contribution is 5.81. The van der Waals surface area contributed by atoms with Gasteiger partial charge in [0.1, 0.15) is 12.8 Å². The number of likely N-dealkylation sites (N-methyl/N-ethyl adjacent to an activating group) is 1. The van der Waals surface area contributed by atoms with E-state index in [9.17, 15) is 9.59 Å². The number of likely N-dealkylation sites (tertiary alicyclic amines) is 1. The lowest BCUT2D eigenvalue weighted by Crippen LogP contribution is -2.60. The highest BCUT2D eigenvalue weighted by atomic mass is 16.5. The summed E-state index contributed by atoms with van der Waals surface area (Å²) in [4.78, 5) is 28.9. The van der Waals surface area contributed by atoms with E-state index in [0.717, 1.165) is 12.8 Å². The normalized spacial score (nSPS) is 25.0. The monoisotopic (exact) mass is 329 g/mol. The number of piperidine rings is 1. The van der Waals surface area contributed by atoms with Crippen LogP contribution in [0.2, 0.25) is 0 Å². The Morgan fingerprint density at radius 3 is 2.57 bits per heavy atom. The summed E-state index contributed by atoms with van der Waals surface area (Å²) in [5.74, 6) is -0.182. The minimum atomic E-state index is -0.420. The van der Waals surface area contributed by atoms with Gasteiger partial charge in [0.25, 0.3) is 5.91 Å². The van der Waals surface area contributed by atoms with E-state index in [4.69, 9.17) is 14.9 Å². The van der Waals surface area contributed by atoms with Crippen molar-refractivity contribution in [1.82, 2.24) is 14.7 Å². The third-order valence-electron chi connectivity index (χ3n) is 4.70. The molecule has 0 aromatic carbocycles. The fourth-order valence-corrected chi connectivity index (χ4v) is 3.36. The van der Waals surface area contributed by atoms with Crippen molar-refractivity contribution in [2.24, 2.45) is 0 Å². The van der Waals surface area contributed by atoms with Crippen molar-refractivity contribution in [3.63, 3.8) is 0 Å². The van der Waals surface area contributed by atoms with Crippen molar-refractivity contribution in [2.45, 2.75) is 31.5 Å². The largest absolute Gasteiger partial charge is 0.395 e. The molecule has 2 N–H and O–H groups in total. The molecule has 2 fully saturated rings. The third-order valence-corrected chi connectivity index (χ3v) is 4.70. The van der Waals surface area contributed by atoms with Crippen LogP contribution in [-0.4, -0.2) is 102 Å². The highest BCUT2D eigenvalue weighted by Crippen LogP contribution is 2.32. The lowest BCUT2D eigenvalue weighted by atomic mass is 9.88. The number of nitrogens with zero attached hydrogens (tertiary/aromatic N) is 3. The second-order valence-electron chi connectivity index (χ2n) is 6.44. The Morgan fingerprint density at radius 2 is 2.04 bits per heavy atom. The van der Waals surface area contributed by atoms with Crippen LogP contribution in [0.4, 0.5) is 0 Å². The summed E-state index contributed by atoms with van der Waals surface area (Å²) in [6.45, 7) is 3.60. The number of aliphatic hydroxyl groups excluding tert-OH is 2. The van der Waals surface area contributed by atoms with Gasteiger partial charge in [0.05, 0.1) is 18.8 Å². The lowest BCUT2D eigenvalue weighted by Gasteiger charge is -2.48. The fraction of sp³-hybridized carbons (Fsp3) is 0.867. The van der Waals surface area contributed by atoms with Crippen LogP contribution in [0.5, 0.6) is 0 Å². The molecule has 1 spiro atoms. The second-order valence-corrected chi connectivity index (χ2v) is 6.44. The Morgan fingerprint density at radius 1 is 1.39 bits per heavy atom. The maximum Gasteiger partial charge on any atom is 0.251 e. The zero-order valence-corrected chi connectivity index (χ0v) is 13.9. The second kappa shape index (κ2) is 7.57. The van der Waals surface area contributed by atoms with Crippen molar-refractivity contribution in [2.75, 3.05) is 53.1 Å². The van der Waals surface area contributed by atoms with Crippen LogP contribution in [0.3, 0.4) is 0 Å². The van der Waals surface area contributed by atoms with Crippen molar-refractivity contribution < 1.29 is 24.5 Å². The molecule has 0 aromatic heterocycles. The van der Waals surface area contributed by atoms with Gasteiger partial charge in [-0.1, -0.05) is 0 Å². The zero-order valence-electron chi connectivity index (χ0n) is 13.9. The first-order valence-corrected chi connectivity index (χ1v) is 8.05. The molecule has 2 aliphatic rings. The maximum atomic E-state index is 12.1. The van der Waals surface area contributed by atoms with E-state index in [1.54, 1.807) is 18.9 Å². The van der Waals surface area contributed by atoms with Gasteiger partial charge < -0.3 is 24.7 Å². The third kappa shape index (κ3) is 4.20. The smallest absolute Gasteiger partial charge is 0.251 e. The number of carbonyl (C=O) groups is 2. The van der Waals surface area contributed by atoms with Gasteiger partial charge in [0, 0.05) is 33.2 Å². The van der Waals surface area contributed by atoms with Gasteiger partial charge >= 0.3 is 0 Å². The van der Waals surface area contributed by atoms with Gasteiger partial charge in [-0.25, -0.2) is 0 Å². The van der Waals surface area contributed by atoms with Crippen LogP contribution in [-0.2, 0) is 14.3 Å². The van der Waals surface area contributed by atoms with E-state index in [1.807, 2.05) is 4.90 Å². The molecule has 2 aliphatic heterocycles. The average Bonchev–Trinajstić information content (AvgIpc) is 2.52. The van der Waals surface area contributed by atoms with E-state index in [1.165, 1.54) is 4.90 Å². The summed E-state index contributed by atoms with van der Waals surface area (Å²) < 4.78 is 5.97. The molecule has 0 saturated carbocycles. The molecule has 0 radical (unpaired) electrons. The van der Waals surface area contributed by atoms with Gasteiger partial charge in [0.15, 0.2) is 0 Å². The predicted molar refractivity (Wildman–Crippen MR) is 82.5 cm³/mol. The molecule has 132 valence electrons. The molecular formula is C15H27N3O5. The van der Waals surface area contributed by atoms with E-state index in [2.05, 4.69) is 0 Å². The molecule has 2 rings (SSSR count). The lowest BCUT2D eigenvalue weighted by molar-refractivity contribution is -0.187. The first-order valence-electron chi connectivity index (χ1n) is 8.05. The molecule has 1 atom stereocenters. The standard InChI is InChI=1S/C15H27N3O5/c1-12-14(22)16(2)10-15(23-12)3-5-17(6-4-15)9-13(21)18(11-20)7-8-19/h12,19-20H,3-11H2,1-2H3. The fourth-order valence-electron chi connectivity index (χ4n) is 3.36. The molecule has 2 heterocycles. The summed E-state index contributed by atoms with van der Waals surface area (Å²) >= 11 is 0. The van der Waals surface area contributed by atoms with Crippen LogP contribution >= 0.6 is 0 Å². The zero-order chi connectivity index (χ0) is 17.0. The highest BCUT2D eigenvalue weighted by Gasteiger charge is 2.44. The van der Waals surface area contributed by atoms with E-state index in [0.29, 0.717) is 19.6 Å². The number of morpholine rings is 1. The predicted octanol–water partition coefficient (Wildman–Crippen LogP) is -1.53. The van der Waals surface area contributed by atoms with Crippen molar-refractivity contribution >= 4 is 11.8 Å². The first-order chi connectivity index (χ1) is 10.9. The molecule has 23 heavy (non-hydrogen) atoms. The van der Waals surface area contributed by atoms with Crippen LogP contribution in [0, 0.1) is 0 Å². The number of hydrogen-bond donors (Lipinski definition) is 2. The Hall–Kier alpha value is -1.22. The SMILES string of the molecule is CC1OC2(CCN(CC(=O)N(CO)CCO)CC2)CN(C)C1=O. The van der Waals surface area contributed by atoms with Crippen LogP contribution < -0.4 is 0 Å². The first kappa shape index (κ1) is 18.1. The van der Waals surface area contributed by atoms with Crippen LogP contribution in [0.1, 0.15) is 19.8 Å². The van der Waals surface area contributed by atoms with Gasteiger partial charge in [-0.2, -0.15) is 0 Å². The molecule has 0 bridgehead atoms. The molecule has 8 heteroatoms. The van der Waals surface area contributed by atoms with Gasteiger partial charge in [0.2, 0.25) is 5.91 Å². The van der Waals surface area contributed by atoms with Crippen molar-refractivity contribution in [1.29, 1.82) is 0 Å². The number of rotatable bonds is 5. The Bertz CT molecular complexity index is 421. The van der Waals surface area contributed by atoms with Crippen LogP contribution in [0.25, 0.3) is 0 Å². The number of amides is 2. The Kier molecular flexibility index (Phi) is 5.96. The summed E-state index contributed by atoms with van der Waals surface area (Å²) in [6, 6.07) is 0. The average molecular weight is 329 g/mol. The van der Waals surface area contributed by atoms with E-state index >= 15 is 0 Å². The number of aliphatic hydroxyl groups is 2. The Labute approximate surface area is 136 Å². The molecule has 2 saturated heterocycles. The summed E-state index contributed by atoms with van der Waals surface area (Å²) in [7, 11) is 1.80. The minimum Gasteiger partial charge on any atom is -0.395 e. The summed E-state index contributed by atoms with van der Waals surface area (Å²) in [5.41, 5.74) is -0.316.